The standard InChI is InChI=1S/C16H22N2S/c1-12-10-15(8-7-14(12)11-17-3)18(4)13(2)16-6-5-9-19-16/h5-10,13,17H,11H2,1-4H3. The molecule has 0 amide bonds. The minimum atomic E-state index is 0.412. The Morgan fingerprint density at radius 3 is 2.68 bits per heavy atom. The molecule has 1 atom stereocenters. The summed E-state index contributed by atoms with van der Waals surface area (Å²) in [5.41, 5.74) is 3.98. The van der Waals surface area contributed by atoms with Crippen molar-refractivity contribution in [1.29, 1.82) is 0 Å². The quantitative estimate of drug-likeness (QED) is 0.887. The third-order valence-corrected chi connectivity index (χ3v) is 4.68. The molecule has 0 saturated heterocycles. The van der Waals surface area contributed by atoms with Crippen molar-refractivity contribution >= 4 is 17.0 Å². The molecular weight excluding hydrogens is 252 g/mol. The molecule has 0 bridgehead atoms. The summed E-state index contributed by atoms with van der Waals surface area (Å²) in [4.78, 5) is 3.74. The molecule has 1 N–H and O–H groups in total. The summed E-state index contributed by atoms with van der Waals surface area (Å²) >= 11 is 1.82. The predicted octanol–water partition coefficient (Wildman–Crippen LogP) is 3.97. The van der Waals surface area contributed by atoms with E-state index < -0.39 is 0 Å². The molecule has 0 spiro atoms. The zero-order valence-corrected chi connectivity index (χ0v) is 12.9. The van der Waals surface area contributed by atoms with Crippen molar-refractivity contribution in [2.75, 3.05) is 19.0 Å². The number of benzene rings is 1. The van der Waals surface area contributed by atoms with Crippen LogP contribution in [0.25, 0.3) is 0 Å². The summed E-state index contributed by atoms with van der Waals surface area (Å²) in [6, 6.07) is 11.4. The lowest BCUT2D eigenvalue weighted by Gasteiger charge is -2.27. The first-order chi connectivity index (χ1) is 9.13. The molecule has 0 aliphatic carbocycles. The van der Waals surface area contributed by atoms with Crippen LogP contribution >= 0.6 is 11.3 Å². The molecule has 1 heterocycles. The molecule has 2 nitrogen and oxygen atoms in total. The predicted molar refractivity (Wildman–Crippen MR) is 85.1 cm³/mol. The molecule has 0 saturated carbocycles. The fourth-order valence-electron chi connectivity index (χ4n) is 2.23. The fourth-order valence-corrected chi connectivity index (χ4v) is 3.06. The third-order valence-electron chi connectivity index (χ3n) is 3.64. The van der Waals surface area contributed by atoms with E-state index in [2.05, 4.69) is 66.8 Å². The van der Waals surface area contributed by atoms with Crippen LogP contribution in [0.2, 0.25) is 0 Å². The zero-order chi connectivity index (χ0) is 13.8. The Morgan fingerprint density at radius 2 is 2.11 bits per heavy atom. The lowest BCUT2D eigenvalue weighted by molar-refractivity contribution is 0.752. The first kappa shape index (κ1) is 14.1. The Morgan fingerprint density at radius 1 is 1.32 bits per heavy atom. The summed E-state index contributed by atoms with van der Waals surface area (Å²) in [6.07, 6.45) is 0. The van der Waals surface area contributed by atoms with Crippen molar-refractivity contribution < 1.29 is 0 Å². The third kappa shape index (κ3) is 3.17. The van der Waals surface area contributed by atoms with E-state index in [1.54, 1.807) is 0 Å². The highest BCUT2D eigenvalue weighted by Crippen LogP contribution is 2.29. The van der Waals surface area contributed by atoms with Crippen molar-refractivity contribution in [1.82, 2.24) is 5.32 Å². The Labute approximate surface area is 120 Å². The van der Waals surface area contributed by atoms with Crippen LogP contribution in [0, 0.1) is 6.92 Å². The topological polar surface area (TPSA) is 15.3 Å². The molecule has 1 unspecified atom stereocenters. The van der Waals surface area contributed by atoms with Crippen LogP contribution in [0.3, 0.4) is 0 Å². The van der Waals surface area contributed by atoms with Crippen LogP contribution in [-0.4, -0.2) is 14.1 Å². The minimum absolute atomic E-state index is 0.412. The zero-order valence-electron chi connectivity index (χ0n) is 12.1. The number of aryl methyl sites for hydroxylation is 1. The van der Waals surface area contributed by atoms with Gasteiger partial charge in [-0.15, -0.1) is 11.3 Å². The number of nitrogens with one attached hydrogen (secondary N) is 1. The van der Waals surface area contributed by atoms with Gasteiger partial charge in [-0.1, -0.05) is 12.1 Å². The fraction of sp³-hybridized carbons (Fsp3) is 0.375. The minimum Gasteiger partial charge on any atom is -0.367 e. The molecule has 19 heavy (non-hydrogen) atoms. The van der Waals surface area contributed by atoms with E-state index in [1.807, 2.05) is 18.4 Å². The SMILES string of the molecule is CNCc1ccc(N(C)C(C)c2cccs2)cc1C. The Balaban J connectivity index is 2.19. The maximum atomic E-state index is 3.21. The van der Waals surface area contributed by atoms with E-state index in [4.69, 9.17) is 0 Å². The molecule has 1 aromatic heterocycles. The van der Waals surface area contributed by atoms with Gasteiger partial charge in [-0.25, -0.2) is 0 Å². The number of hydrogen-bond donors (Lipinski definition) is 1. The van der Waals surface area contributed by atoms with E-state index in [-0.39, 0.29) is 0 Å². The average Bonchev–Trinajstić information content (AvgIpc) is 2.93. The van der Waals surface area contributed by atoms with Gasteiger partial charge in [0.2, 0.25) is 0 Å². The summed E-state index contributed by atoms with van der Waals surface area (Å²) in [6.45, 7) is 5.36. The van der Waals surface area contributed by atoms with Crippen LogP contribution in [0.5, 0.6) is 0 Å². The second-order valence-corrected chi connectivity index (χ2v) is 5.92. The second kappa shape index (κ2) is 6.22. The number of hydrogen-bond acceptors (Lipinski definition) is 3. The van der Waals surface area contributed by atoms with Gasteiger partial charge in [0.25, 0.3) is 0 Å². The normalized spacial score (nSPS) is 12.4. The maximum absolute atomic E-state index is 3.21. The Bertz CT molecular complexity index is 520. The van der Waals surface area contributed by atoms with Gasteiger partial charge >= 0.3 is 0 Å². The van der Waals surface area contributed by atoms with Crippen molar-refractivity contribution in [3.63, 3.8) is 0 Å². The molecule has 2 aromatic rings. The van der Waals surface area contributed by atoms with Gasteiger partial charge in [0, 0.05) is 24.2 Å². The summed E-state index contributed by atoms with van der Waals surface area (Å²) in [5.74, 6) is 0. The number of rotatable bonds is 5. The lowest BCUT2D eigenvalue weighted by atomic mass is 10.1. The van der Waals surface area contributed by atoms with E-state index >= 15 is 0 Å². The van der Waals surface area contributed by atoms with Gasteiger partial charge in [0.1, 0.15) is 0 Å². The van der Waals surface area contributed by atoms with Gasteiger partial charge in [-0.2, -0.15) is 0 Å². The maximum Gasteiger partial charge on any atom is 0.0603 e. The molecule has 0 radical (unpaired) electrons. The Kier molecular flexibility index (Phi) is 4.61. The number of nitrogens with zero attached hydrogens (tertiary/aromatic N) is 1. The summed E-state index contributed by atoms with van der Waals surface area (Å²) in [5, 5.41) is 5.35. The average molecular weight is 274 g/mol. The van der Waals surface area contributed by atoms with Crippen LogP contribution < -0.4 is 10.2 Å². The van der Waals surface area contributed by atoms with E-state index in [9.17, 15) is 0 Å². The monoisotopic (exact) mass is 274 g/mol. The van der Waals surface area contributed by atoms with Crippen molar-refractivity contribution in [3.8, 4) is 0 Å². The number of anilines is 1. The molecule has 3 heteroatoms. The van der Waals surface area contributed by atoms with Crippen LogP contribution in [0.15, 0.2) is 35.7 Å². The van der Waals surface area contributed by atoms with Crippen LogP contribution in [0.1, 0.15) is 29.0 Å². The van der Waals surface area contributed by atoms with Crippen molar-refractivity contribution in [2.24, 2.45) is 0 Å². The largest absolute Gasteiger partial charge is 0.367 e. The van der Waals surface area contributed by atoms with Crippen molar-refractivity contribution in [2.45, 2.75) is 26.4 Å². The van der Waals surface area contributed by atoms with E-state index in [0.29, 0.717) is 6.04 Å². The smallest absolute Gasteiger partial charge is 0.0603 e. The summed E-state index contributed by atoms with van der Waals surface area (Å²) < 4.78 is 0. The molecule has 2 rings (SSSR count). The Hall–Kier alpha value is -1.32. The molecule has 0 aliphatic rings. The van der Waals surface area contributed by atoms with Gasteiger partial charge < -0.3 is 10.2 Å². The van der Waals surface area contributed by atoms with Crippen LogP contribution in [0.4, 0.5) is 5.69 Å². The van der Waals surface area contributed by atoms with Crippen molar-refractivity contribution in [3.05, 3.63) is 51.7 Å². The second-order valence-electron chi connectivity index (χ2n) is 4.94. The van der Waals surface area contributed by atoms with Gasteiger partial charge in [0.15, 0.2) is 0 Å². The van der Waals surface area contributed by atoms with E-state index in [1.165, 1.54) is 21.7 Å². The van der Waals surface area contributed by atoms with Gasteiger partial charge in [-0.05, 0) is 55.6 Å². The lowest BCUT2D eigenvalue weighted by Crippen LogP contribution is -2.21. The first-order valence-electron chi connectivity index (χ1n) is 6.64. The highest BCUT2D eigenvalue weighted by molar-refractivity contribution is 7.10. The molecule has 102 valence electrons. The highest BCUT2D eigenvalue weighted by Gasteiger charge is 2.13. The molecule has 1 aromatic carbocycles. The highest BCUT2D eigenvalue weighted by atomic mass is 32.1. The summed E-state index contributed by atoms with van der Waals surface area (Å²) in [7, 11) is 4.15. The molecule has 0 fully saturated rings. The molecular formula is C16H22N2S. The van der Waals surface area contributed by atoms with Gasteiger partial charge in [-0.3, -0.25) is 0 Å². The first-order valence-corrected chi connectivity index (χ1v) is 7.52. The van der Waals surface area contributed by atoms with E-state index in [0.717, 1.165) is 6.54 Å². The van der Waals surface area contributed by atoms with Gasteiger partial charge in [0.05, 0.1) is 6.04 Å². The van der Waals surface area contributed by atoms with Crippen LogP contribution in [-0.2, 0) is 6.54 Å². The number of thiophene rings is 1. The molecule has 0 aliphatic heterocycles.